The molecule has 0 aromatic heterocycles. The van der Waals surface area contributed by atoms with Crippen molar-refractivity contribution in [3.05, 3.63) is 34.9 Å². The first-order valence-corrected chi connectivity index (χ1v) is 6.20. The van der Waals surface area contributed by atoms with Gasteiger partial charge in [-0.1, -0.05) is 12.1 Å². The van der Waals surface area contributed by atoms with Crippen LogP contribution in [0.3, 0.4) is 0 Å². The number of carboxylic acid groups (broad SMARTS) is 1. The van der Waals surface area contributed by atoms with Gasteiger partial charge in [0.2, 0.25) is 0 Å². The Kier molecular flexibility index (Phi) is 3.57. The molecule has 1 aromatic rings. The van der Waals surface area contributed by atoms with E-state index in [-0.39, 0.29) is 18.9 Å². The van der Waals surface area contributed by atoms with Crippen LogP contribution in [-0.2, 0) is 4.79 Å². The summed E-state index contributed by atoms with van der Waals surface area (Å²) in [5.74, 6) is -1.40. The van der Waals surface area contributed by atoms with E-state index < -0.39 is 18.1 Å². The zero-order valence-corrected chi connectivity index (χ0v) is 11.0. The molecule has 1 aromatic carbocycles. The molecule has 5 heteroatoms. The van der Waals surface area contributed by atoms with Gasteiger partial charge in [-0.05, 0) is 31.0 Å². The highest BCUT2D eigenvalue weighted by Crippen LogP contribution is 2.23. The van der Waals surface area contributed by atoms with Crippen LogP contribution in [0.5, 0.6) is 0 Å². The average molecular weight is 263 g/mol. The molecule has 0 spiro atoms. The van der Waals surface area contributed by atoms with Crippen molar-refractivity contribution in [2.45, 2.75) is 32.4 Å². The van der Waals surface area contributed by atoms with E-state index in [1.807, 2.05) is 19.9 Å². The van der Waals surface area contributed by atoms with Crippen LogP contribution in [0.1, 0.15) is 27.9 Å². The third kappa shape index (κ3) is 2.46. The molecule has 2 N–H and O–H groups in total. The van der Waals surface area contributed by atoms with Gasteiger partial charge in [0.05, 0.1) is 6.10 Å². The monoisotopic (exact) mass is 263 g/mol. The van der Waals surface area contributed by atoms with E-state index in [0.29, 0.717) is 5.56 Å². The highest BCUT2D eigenvalue weighted by molar-refractivity contribution is 5.98. The number of aliphatic hydroxyl groups excluding tert-OH is 1. The van der Waals surface area contributed by atoms with Crippen molar-refractivity contribution >= 4 is 11.9 Å². The number of hydrogen-bond donors (Lipinski definition) is 2. The summed E-state index contributed by atoms with van der Waals surface area (Å²) >= 11 is 0. The van der Waals surface area contributed by atoms with E-state index in [0.717, 1.165) is 11.1 Å². The molecule has 1 heterocycles. The number of aryl methyl sites for hydroxylation is 1. The number of β-amino-alcohol motifs (C(OH)–C–C–N with tert-alkyl or cyclic N) is 1. The highest BCUT2D eigenvalue weighted by atomic mass is 16.4. The summed E-state index contributed by atoms with van der Waals surface area (Å²) < 4.78 is 0. The van der Waals surface area contributed by atoms with Gasteiger partial charge in [-0.15, -0.1) is 0 Å². The Morgan fingerprint density at radius 2 is 2.00 bits per heavy atom. The topological polar surface area (TPSA) is 77.8 Å². The fourth-order valence-electron chi connectivity index (χ4n) is 2.41. The molecule has 0 radical (unpaired) electrons. The third-order valence-corrected chi connectivity index (χ3v) is 3.66. The van der Waals surface area contributed by atoms with Crippen molar-refractivity contribution in [3.63, 3.8) is 0 Å². The van der Waals surface area contributed by atoms with E-state index in [1.165, 1.54) is 4.90 Å². The first kappa shape index (κ1) is 13.5. The van der Waals surface area contributed by atoms with Crippen LogP contribution in [0.4, 0.5) is 0 Å². The van der Waals surface area contributed by atoms with Crippen LogP contribution in [0.2, 0.25) is 0 Å². The van der Waals surface area contributed by atoms with Gasteiger partial charge in [-0.25, -0.2) is 4.79 Å². The smallest absolute Gasteiger partial charge is 0.326 e. The quantitative estimate of drug-likeness (QED) is 0.833. The van der Waals surface area contributed by atoms with E-state index >= 15 is 0 Å². The average Bonchev–Trinajstić information content (AvgIpc) is 2.74. The Bertz CT molecular complexity index is 526. The molecule has 0 aliphatic carbocycles. The fraction of sp³-hybridized carbons (Fsp3) is 0.429. The lowest BCUT2D eigenvalue weighted by Gasteiger charge is -2.22. The molecule has 1 fully saturated rings. The molecule has 1 amide bonds. The molecule has 2 rings (SSSR count). The lowest BCUT2D eigenvalue weighted by Crippen LogP contribution is -2.40. The summed E-state index contributed by atoms with van der Waals surface area (Å²) in [6.45, 7) is 3.81. The van der Waals surface area contributed by atoms with Crippen LogP contribution in [-0.4, -0.2) is 45.7 Å². The van der Waals surface area contributed by atoms with Crippen molar-refractivity contribution in [2.24, 2.45) is 0 Å². The number of amides is 1. The molecular formula is C14H17NO4. The molecule has 102 valence electrons. The zero-order valence-electron chi connectivity index (χ0n) is 11.0. The SMILES string of the molecule is Cc1cccc(C(=O)N2CC(O)CC2C(=O)O)c1C. The van der Waals surface area contributed by atoms with E-state index in [2.05, 4.69) is 0 Å². The fourth-order valence-corrected chi connectivity index (χ4v) is 2.41. The normalized spacial score (nSPS) is 22.6. The van der Waals surface area contributed by atoms with Crippen LogP contribution < -0.4 is 0 Å². The van der Waals surface area contributed by atoms with Gasteiger partial charge in [-0.2, -0.15) is 0 Å². The number of carbonyl (C=O) groups is 2. The maximum absolute atomic E-state index is 12.4. The van der Waals surface area contributed by atoms with Crippen LogP contribution in [0.15, 0.2) is 18.2 Å². The van der Waals surface area contributed by atoms with Gasteiger partial charge in [0.1, 0.15) is 6.04 Å². The summed E-state index contributed by atoms with van der Waals surface area (Å²) in [4.78, 5) is 24.8. The van der Waals surface area contributed by atoms with Gasteiger partial charge in [0.15, 0.2) is 0 Å². The summed E-state index contributed by atoms with van der Waals surface area (Å²) in [6.07, 6.45) is -0.679. The van der Waals surface area contributed by atoms with Gasteiger partial charge in [-0.3, -0.25) is 4.79 Å². The van der Waals surface area contributed by atoms with Crippen LogP contribution in [0, 0.1) is 13.8 Å². The Hall–Kier alpha value is -1.88. The largest absolute Gasteiger partial charge is 0.480 e. The third-order valence-electron chi connectivity index (χ3n) is 3.66. The molecule has 2 atom stereocenters. The Morgan fingerprint density at radius 3 is 2.63 bits per heavy atom. The second-order valence-electron chi connectivity index (χ2n) is 4.95. The standard InChI is InChI=1S/C14H17NO4/c1-8-4-3-5-11(9(8)2)13(17)15-7-10(16)6-12(15)14(18)19/h3-5,10,12,16H,6-7H2,1-2H3,(H,18,19). The van der Waals surface area contributed by atoms with Crippen molar-refractivity contribution in [1.29, 1.82) is 0 Å². The van der Waals surface area contributed by atoms with Crippen molar-refractivity contribution in [2.75, 3.05) is 6.54 Å². The lowest BCUT2D eigenvalue weighted by molar-refractivity contribution is -0.141. The first-order valence-electron chi connectivity index (χ1n) is 6.20. The molecule has 1 saturated heterocycles. The second kappa shape index (κ2) is 5.01. The second-order valence-corrected chi connectivity index (χ2v) is 4.95. The molecule has 2 unspecified atom stereocenters. The summed E-state index contributed by atoms with van der Waals surface area (Å²) in [5.41, 5.74) is 2.33. The van der Waals surface area contributed by atoms with Crippen LogP contribution >= 0.6 is 0 Å². The predicted molar refractivity (Wildman–Crippen MR) is 69.0 cm³/mol. The summed E-state index contributed by atoms with van der Waals surface area (Å²) in [6, 6.07) is 4.42. The molecule has 1 aliphatic heterocycles. The minimum absolute atomic E-state index is 0.0726. The van der Waals surface area contributed by atoms with E-state index in [9.17, 15) is 14.7 Å². The minimum atomic E-state index is -1.07. The lowest BCUT2D eigenvalue weighted by atomic mass is 10.0. The molecule has 19 heavy (non-hydrogen) atoms. The van der Waals surface area contributed by atoms with Gasteiger partial charge in [0, 0.05) is 18.5 Å². The Balaban J connectivity index is 2.33. The molecule has 0 saturated carbocycles. The molecule has 1 aliphatic rings. The minimum Gasteiger partial charge on any atom is -0.480 e. The maximum atomic E-state index is 12.4. The number of carbonyl (C=O) groups excluding carboxylic acids is 1. The summed E-state index contributed by atoms with van der Waals surface area (Å²) in [7, 11) is 0. The number of nitrogens with zero attached hydrogens (tertiary/aromatic N) is 1. The maximum Gasteiger partial charge on any atom is 0.326 e. The van der Waals surface area contributed by atoms with Crippen molar-refractivity contribution in [1.82, 2.24) is 4.90 Å². The number of benzene rings is 1. The van der Waals surface area contributed by atoms with Crippen LogP contribution in [0.25, 0.3) is 0 Å². The van der Waals surface area contributed by atoms with Crippen molar-refractivity contribution < 1.29 is 19.8 Å². The van der Waals surface area contributed by atoms with Crippen molar-refractivity contribution in [3.8, 4) is 0 Å². The predicted octanol–water partition coefficient (Wildman–Crippen LogP) is 0.963. The Morgan fingerprint density at radius 1 is 1.32 bits per heavy atom. The highest BCUT2D eigenvalue weighted by Gasteiger charge is 2.39. The van der Waals surface area contributed by atoms with E-state index in [1.54, 1.807) is 12.1 Å². The number of rotatable bonds is 2. The number of likely N-dealkylation sites (tertiary alicyclic amines) is 1. The van der Waals surface area contributed by atoms with E-state index in [4.69, 9.17) is 5.11 Å². The zero-order chi connectivity index (χ0) is 14.2. The number of aliphatic carboxylic acids is 1. The number of carboxylic acids is 1. The summed E-state index contributed by atoms with van der Waals surface area (Å²) in [5, 5.41) is 18.7. The molecule has 5 nitrogen and oxygen atoms in total. The van der Waals surface area contributed by atoms with Gasteiger partial charge in [0.25, 0.3) is 5.91 Å². The van der Waals surface area contributed by atoms with Gasteiger partial charge < -0.3 is 15.1 Å². The molecular weight excluding hydrogens is 246 g/mol. The molecule has 0 bridgehead atoms. The van der Waals surface area contributed by atoms with Gasteiger partial charge >= 0.3 is 5.97 Å². The Labute approximate surface area is 111 Å². The number of aliphatic hydroxyl groups is 1. The number of hydrogen-bond acceptors (Lipinski definition) is 3. The first-order chi connectivity index (χ1) is 8.91.